The van der Waals surface area contributed by atoms with E-state index >= 15 is 0 Å². The second-order valence-corrected chi connectivity index (χ2v) is 5.26. The van der Waals surface area contributed by atoms with Crippen molar-refractivity contribution in [2.45, 2.75) is 13.0 Å². The summed E-state index contributed by atoms with van der Waals surface area (Å²) in [4.78, 5) is 12.3. The molecule has 3 aromatic rings. The van der Waals surface area contributed by atoms with Crippen LogP contribution >= 0.6 is 0 Å². The number of rotatable bonds is 4. The van der Waals surface area contributed by atoms with Gasteiger partial charge in [0.05, 0.1) is 18.7 Å². The number of aromatic hydroxyl groups is 1. The number of fused-ring (bicyclic) bond motifs is 1. The van der Waals surface area contributed by atoms with Crippen molar-refractivity contribution in [2.75, 3.05) is 7.11 Å². The lowest BCUT2D eigenvalue weighted by molar-refractivity contribution is 0.0933. The third-order valence-corrected chi connectivity index (χ3v) is 3.67. The number of phenolic OH excluding ortho intramolecular Hbond substituents is 1. The molecule has 1 unspecified atom stereocenters. The Bertz CT molecular complexity index is 820. The smallest absolute Gasteiger partial charge is 0.255 e. The highest BCUT2D eigenvalue weighted by molar-refractivity contribution is 5.97. The molecule has 5 heteroatoms. The first kappa shape index (κ1) is 15.0. The van der Waals surface area contributed by atoms with Gasteiger partial charge in [0.2, 0.25) is 0 Å². The van der Waals surface area contributed by atoms with E-state index in [2.05, 4.69) is 5.32 Å². The number of methoxy groups -OCH3 is 1. The number of para-hydroxylation sites is 1. The van der Waals surface area contributed by atoms with Gasteiger partial charge in [-0.1, -0.05) is 18.2 Å². The van der Waals surface area contributed by atoms with Crippen molar-refractivity contribution in [1.29, 1.82) is 0 Å². The summed E-state index contributed by atoms with van der Waals surface area (Å²) in [6.45, 7) is 1.83. The zero-order valence-corrected chi connectivity index (χ0v) is 12.9. The summed E-state index contributed by atoms with van der Waals surface area (Å²) in [7, 11) is 1.50. The predicted octanol–water partition coefficient (Wildman–Crippen LogP) is 3.64. The minimum atomic E-state index is -0.377. The zero-order chi connectivity index (χ0) is 16.4. The van der Waals surface area contributed by atoms with Gasteiger partial charge in [0, 0.05) is 11.5 Å². The molecule has 0 fully saturated rings. The first-order valence-electron chi connectivity index (χ1n) is 7.25. The normalized spacial score (nSPS) is 12.1. The van der Waals surface area contributed by atoms with Gasteiger partial charge in [-0.2, -0.15) is 0 Å². The number of furan rings is 1. The second kappa shape index (κ2) is 6.04. The van der Waals surface area contributed by atoms with Gasteiger partial charge >= 0.3 is 0 Å². The second-order valence-electron chi connectivity index (χ2n) is 5.26. The number of nitrogens with one attached hydrogen (secondary N) is 1. The third-order valence-electron chi connectivity index (χ3n) is 3.67. The van der Waals surface area contributed by atoms with E-state index in [1.807, 2.05) is 37.3 Å². The van der Waals surface area contributed by atoms with Gasteiger partial charge in [-0.3, -0.25) is 4.79 Å². The van der Waals surface area contributed by atoms with Crippen molar-refractivity contribution >= 4 is 16.9 Å². The maximum atomic E-state index is 12.3. The number of hydrogen-bond donors (Lipinski definition) is 2. The first-order chi connectivity index (χ1) is 11.1. The standard InChI is InChI=1S/C18H17NO4/c1-11(17-9-12-5-3-4-6-16(12)23-17)19-18(21)14-8-7-13(22-2)10-15(14)20/h3-11,20H,1-2H3,(H,19,21). The van der Waals surface area contributed by atoms with Crippen LogP contribution in [0.15, 0.2) is 52.9 Å². The highest BCUT2D eigenvalue weighted by Gasteiger charge is 2.17. The fourth-order valence-electron chi connectivity index (χ4n) is 2.39. The molecule has 0 aliphatic carbocycles. The summed E-state index contributed by atoms with van der Waals surface area (Å²) in [5.41, 5.74) is 0.963. The Morgan fingerprint density at radius 2 is 2.00 bits per heavy atom. The Balaban J connectivity index is 1.79. The molecule has 1 aromatic heterocycles. The number of phenols is 1. The molecule has 118 valence electrons. The third kappa shape index (κ3) is 2.99. The van der Waals surface area contributed by atoms with E-state index in [4.69, 9.17) is 9.15 Å². The quantitative estimate of drug-likeness (QED) is 0.771. The minimum absolute atomic E-state index is 0.126. The maximum absolute atomic E-state index is 12.3. The number of ether oxygens (including phenoxy) is 1. The van der Waals surface area contributed by atoms with Gasteiger partial charge < -0.3 is 19.6 Å². The van der Waals surface area contributed by atoms with Gasteiger partial charge in [0.1, 0.15) is 22.8 Å². The molecule has 0 spiro atoms. The minimum Gasteiger partial charge on any atom is -0.507 e. The molecule has 2 aromatic carbocycles. The Labute approximate surface area is 133 Å². The molecule has 0 aliphatic rings. The Hall–Kier alpha value is -2.95. The number of carbonyl (C=O) groups is 1. The lowest BCUT2D eigenvalue weighted by atomic mass is 10.1. The largest absolute Gasteiger partial charge is 0.507 e. The SMILES string of the molecule is COc1ccc(C(=O)NC(C)c2cc3ccccc3o2)c(O)c1. The molecule has 2 N–H and O–H groups in total. The Morgan fingerprint density at radius 1 is 1.22 bits per heavy atom. The highest BCUT2D eigenvalue weighted by Crippen LogP contribution is 2.26. The van der Waals surface area contributed by atoms with Crippen LogP contribution in [0.2, 0.25) is 0 Å². The molecular weight excluding hydrogens is 294 g/mol. The van der Waals surface area contributed by atoms with Crippen LogP contribution in [-0.2, 0) is 0 Å². The molecule has 0 radical (unpaired) electrons. The van der Waals surface area contributed by atoms with Crippen molar-refractivity contribution in [2.24, 2.45) is 0 Å². The van der Waals surface area contributed by atoms with E-state index in [1.54, 1.807) is 6.07 Å². The van der Waals surface area contributed by atoms with E-state index in [0.717, 1.165) is 11.0 Å². The number of amides is 1. The molecule has 0 saturated heterocycles. The van der Waals surface area contributed by atoms with E-state index in [9.17, 15) is 9.90 Å². The summed E-state index contributed by atoms with van der Waals surface area (Å²) < 4.78 is 10.7. The van der Waals surface area contributed by atoms with Crippen LogP contribution in [0.1, 0.15) is 29.1 Å². The Morgan fingerprint density at radius 3 is 2.70 bits per heavy atom. The fourth-order valence-corrected chi connectivity index (χ4v) is 2.39. The molecule has 1 heterocycles. The van der Waals surface area contributed by atoms with E-state index < -0.39 is 0 Å². The fraction of sp³-hybridized carbons (Fsp3) is 0.167. The van der Waals surface area contributed by atoms with Crippen LogP contribution in [0.4, 0.5) is 0 Å². The van der Waals surface area contributed by atoms with E-state index in [0.29, 0.717) is 11.5 Å². The molecular formula is C18H17NO4. The molecule has 1 atom stereocenters. The van der Waals surface area contributed by atoms with Crippen LogP contribution < -0.4 is 10.1 Å². The predicted molar refractivity (Wildman–Crippen MR) is 86.8 cm³/mol. The molecule has 23 heavy (non-hydrogen) atoms. The molecule has 0 bridgehead atoms. The van der Waals surface area contributed by atoms with E-state index in [1.165, 1.54) is 19.2 Å². The van der Waals surface area contributed by atoms with Crippen molar-refractivity contribution in [3.8, 4) is 11.5 Å². The van der Waals surface area contributed by atoms with Gasteiger partial charge in [0.25, 0.3) is 5.91 Å². The van der Waals surface area contributed by atoms with Crippen LogP contribution in [0, 0.1) is 0 Å². The van der Waals surface area contributed by atoms with Crippen LogP contribution in [0.25, 0.3) is 11.0 Å². The average molecular weight is 311 g/mol. The lowest BCUT2D eigenvalue weighted by Crippen LogP contribution is -2.26. The summed E-state index contributed by atoms with van der Waals surface area (Å²) in [5.74, 6) is 0.647. The van der Waals surface area contributed by atoms with Crippen LogP contribution in [-0.4, -0.2) is 18.1 Å². The summed E-state index contributed by atoms with van der Waals surface area (Å²) in [6, 6.07) is 13.8. The van der Waals surface area contributed by atoms with Gasteiger partial charge in [-0.25, -0.2) is 0 Å². The Kier molecular flexibility index (Phi) is 3.93. The van der Waals surface area contributed by atoms with Crippen molar-refractivity contribution in [3.63, 3.8) is 0 Å². The zero-order valence-electron chi connectivity index (χ0n) is 12.9. The van der Waals surface area contributed by atoms with Gasteiger partial charge in [-0.15, -0.1) is 0 Å². The number of benzene rings is 2. The molecule has 0 aliphatic heterocycles. The van der Waals surface area contributed by atoms with E-state index in [-0.39, 0.29) is 23.3 Å². The number of hydrogen-bond acceptors (Lipinski definition) is 4. The maximum Gasteiger partial charge on any atom is 0.255 e. The summed E-state index contributed by atoms with van der Waals surface area (Å²) in [5, 5.41) is 13.7. The molecule has 0 saturated carbocycles. The van der Waals surface area contributed by atoms with Crippen molar-refractivity contribution in [3.05, 3.63) is 59.9 Å². The highest BCUT2D eigenvalue weighted by atomic mass is 16.5. The molecule has 5 nitrogen and oxygen atoms in total. The van der Waals surface area contributed by atoms with Gasteiger partial charge in [-0.05, 0) is 31.2 Å². The van der Waals surface area contributed by atoms with Crippen LogP contribution in [0.3, 0.4) is 0 Å². The summed E-state index contributed by atoms with van der Waals surface area (Å²) >= 11 is 0. The lowest BCUT2D eigenvalue weighted by Gasteiger charge is -2.12. The van der Waals surface area contributed by atoms with Crippen molar-refractivity contribution < 1.29 is 19.1 Å². The monoisotopic (exact) mass is 311 g/mol. The van der Waals surface area contributed by atoms with Gasteiger partial charge in [0.15, 0.2) is 0 Å². The van der Waals surface area contributed by atoms with Crippen molar-refractivity contribution in [1.82, 2.24) is 5.32 Å². The first-order valence-corrected chi connectivity index (χ1v) is 7.25. The topological polar surface area (TPSA) is 71.7 Å². The van der Waals surface area contributed by atoms with Crippen LogP contribution in [0.5, 0.6) is 11.5 Å². The molecule has 3 rings (SSSR count). The number of carbonyl (C=O) groups excluding carboxylic acids is 1. The molecule has 1 amide bonds. The summed E-state index contributed by atoms with van der Waals surface area (Å²) in [6.07, 6.45) is 0. The average Bonchev–Trinajstić information content (AvgIpc) is 2.98.